The third kappa shape index (κ3) is 3.67. The van der Waals surface area contributed by atoms with Gasteiger partial charge >= 0.3 is 12.1 Å². The first kappa shape index (κ1) is 17.8. The molecule has 1 saturated heterocycles. The van der Waals surface area contributed by atoms with E-state index in [1.807, 2.05) is 34.6 Å². The summed E-state index contributed by atoms with van der Waals surface area (Å²) in [5.41, 5.74) is -1.84. The van der Waals surface area contributed by atoms with Crippen molar-refractivity contribution in [3.8, 4) is 0 Å². The molecule has 21 heavy (non-hydrogen) atoms. The van der Waals surface area contributed by atoms with Gasteiger partial charge in [0.25, 0.3) is 0 Å². The summed E-state index contributed by atoms with van der Waals surface area (Å²) in [5.74, 6) is -0.563. The molecule has 0 aromatic carbocycles. The van der Waals surface area contributed by atoms with Crippen LogP contribution < -0.4 is 0 Å². The van der Waals surface area contributed by atoms with E-state index >= 15 is 0 Å². The highest BCUT2D eigenvalue weighted by Crippen LogP contribution is 2.36. The van der Waals surface area contributed by atoms with E-state index in [1.54, 1.807) is 13.8 Å². The standard InChI is InChI=1S/C15H27NO5/c1-13(2,3)10(11(17)19-8)21-12(18)16-14(4,5)9-20-15(16,6)7/h10H,9H2,1-8H3/t10-/m1/s1. The fourth-order valence-corrected chi connectivity index (χ4v) is 2.52. The number of esters is 1. The van der Waals surface area contributed by atoms with Crippen LogP contribution in [0.5, 0.6) is 0 Å². The molecule has 0 aromatic rings. The largest absolute Gasteiger partial charge is 0.466 e. The molecule has 1 heterocycles. The Hall–Kier alpha value is -1.30. The molecule has 1 aliphatic heterocycles. The summed E-state index contributed by atoms with van der Waals surface area (Å²) in [6.45, 7) is 13.3. The van der Waals surface area contributed by atoms with Gasteiger partial charge in [0.05, 0.1) is 19.3 Å². The van der Waals surface area contributed by atoms with E-state index in [4.69, 9.17) is 14.2 Å². The Labute approximate surface area is 126 Å². The number of hydrogen-bond acceptors (Lipinski definition) is 5. The lowest BCUT2D eigenvalue weighted by Gasteiger charge is -2.38. The second kappa shape index (κ2) is 5.48. The summed E-state index contributed by atoms with van der Waals surface area (Å²) in [4.78, 5) is 26.0. The molecule has 1 aliphatic rings. The summed E-state index contributed by atoms with van der Waals surface area (Å²) in [7, 11) is 1.28. The molecule has 122 valence electrons. The minimum Gasteiger partial charge on any atom is -0.466 e. The Kier molecular flexibility index (Phi) is 4.63. The van der Waals surface area contributed by atoms with Crippen molar-refractivity contribution in [1.82, 2.24) is 4.90 Å². The van der Waals surface area contributed by atoms with Crippen LogP contribution in [0.1, 0.15) is 48.5 Å². The fourth-order valence-electron chi connectivity index (χ4n) is 2.52. The molecule has 1 fully saturated rings. The first-order valence-corrected chi connectivity index (χ1v) is 7.05. The fraction of sp³-hybridized carbons (Fsp3) is 0.867. The highest BCUT2D eigenvalue weighted by atomic mass is 16.6. The van der Waals surface area contributed by atoms with Crippen LogP contribution in [0, 0.1) is 5.41 Å². The maximum absolute atomic E-state index is 12.6. The van der Waals surface area contributed by atoms with Crippen LogP contribution in [0.4, 0.5) is 4.79 Å². The van der Waals surface area contributed by atoms with Gasteiger partial charge < -0.3 is 14.2 Å². The zero-order valence-corrected chi connectivity index (χ0v) is 14.3. The average Bonchev–Trinajstić information content (AvgIpc) is 2.52. The lowest BCUT2D eigenvalue weighted by molar-refractivity contribution is -0.159. The molecule has 0 saturated carbocycles. The van der Waals surface area contributed by atoms with Gasteiger partial charge in [-0.15, -0.1) is 0 Å². The summed E-state index contributed by atoms with van der Waals surface area (Å²) in [6.07, 6.45) is -1.55. The SMILES string of the molecule is COC(=O)[C@@H](OC(=O)N1C(C)(C)COC1(C)C)C(C)(C)C. The predicted octanol–water partition coefficient (Wildman–Crippen LogP) is 2.56. The number of carbonyl (C=O) groups excluding carboxylic acids is 2. The van der Waals surface area contributed by atoms with Crippen molar-refractivity contribution in [3.05, 3.63) is 0 Å². The summed E-state index contributed by atoms with van der Waals surface area (Å²) in [6, 6.07) is 0. The third-order valence-corrected chi connectivity index (χ3v) is 3.53. The Balaban J connectivity index is 3.00. The van der Waals surface area contributed by atoms with Crippen LogP contribution in [0.15, 0.2) is 0 Å². The molecular weight excluding hydrogens is 274 g/mol. The van der Waals surface area contributed by atoms with E-state index in [9.17, 15) is 9.59 Å². The molecule has 6 nitrogen and oxygen atoms in total. The zero-order valence-electron chi connectivity index (χ0n) is 14.3. The molecule has 0 radical (unpaired) electrons. The van der Waals surface area contributed by atoms with Crippen molar-refractivity contribution in [2.45, 2.75) is 65.8 Å². The van der Waals surface area contributed by atoms with Crippen molar-refractivity contribution in [2.24, 2.45) is 5.41 Å². The number of carbonyl (C=O) groups is 2. The summed E-state index contributed by atoms with van der Waals surface area (Å²) >= 11 is 0. The van der Waals surface area contributed by atoms with E-state index in [1.165, 1.54) is 12.0 Å². The van der Waals surface area contributed by atoms with Crippen LogP contribution in [-0.2, 0) is 19.0 Å². The highest BCUT2D eigenvalue weighted by Gasteiger charge is 2.51. The first-order chi connectivity index (χ1) is 9.33. The topological polar surface area (TPSA) is 65.1 Å². The number of nitrogens with zero attached hydrogens (tertiary/aromatic N) is 1. The van der Waals surface area contributed by atoms with Crippen LogP contribution >= 0.6 is 0 Å². The van der Waals surface area contributed by atoms with Gasteiger partial charge in [0.2, 0.25) is 6.10 Å². The normalized spacial score (nSPS) is 21.8. The molecule has 0 bridgehead atoms. The number of ether oxygens (including phenoxy) is 3. The van der Waals surface area contributed by atoms with Crippen molar-refractivity contribution in [1.29, 1.82) is 0 Å². The minimum atomic E-state index is -0.970. The van der Waals surface area contributed by atoms with E-state index in [0.717, 1.165) is 0 Å². The van der Waals surface area contributed by atoms with Crippen LogP contribution in [0.25, 0.3) is 0 Å². The molecule has 6 heteroatoms. The van der Waals surface area contributed by atoms with Crippen LogP contribution in [-0.4, -0.2) is 48.0 Å². The lowest BCUT2D eigenvalue weighted by Crippen LogP contribution is -2.55. The van der Waals surface area contributed by atoms with Crippen LogP contribution in [0.3, 0.4) is 0 Å². The van der Waals surface area contributed by atoms with E-state index in [2.05, 4.69) is 0 Å². The molecule has 0 N–H and O–H groups in total. The van der Waals surface area contributed by atoms with E-state index in [0.29, 0.717) is 6.61 Å². The van der Waals surface area contributed by atoms with Crippen LogP contribution in [0.2, 0.25) is 0 Å². The highest BCUT2D eigenvalue weighted by molar-refractivity contribution is 5.80. The Morgan fingerprint density at radius 1 is 1.19 bits per heavy atom. The maximum Gasteiger partial charge on any atom is 0.413 e. The summed E-state index contributed by atoms with van der Waals surface area (Å²) < 4.78 is 15.8. The monoisotopic (exact) mass is 301 g/mol. The van der Waals surface area contributed by atoms with Gasteiger partial charge in [0, 0.05) is 5.41 Å². The van der Waals surface area contributed by atoms with Gasteiger partial charge in [-0.05, 0) is 27.7 Å². The van der Waals surface area contributed by atoms with Gasteiger partial charge in [-0.3, -0.25) is 4.90 Å². The van der Waals surface area contributed by atoms with Crippen molar-refractivity contribution in [2.75, 3.05) is 13.7 Å². The van der Waals surface area contributed by atoms with E-state index < -0.39 is 34.8 Å². The van der Waals surface area contributed by atoms with Gasteiger partial charge in [0.1, 0.15) is 5.72 Å². The van der Waals surface area contributed by atoms with Crippen molar-refractivity contribution < 1.29 is 23.8 Å². The molecule has 0 unspecified atom stereocenters. The minimum absolute atomic E-state index is 0.410. The van der Waals surface area contributed by atoms with E-state index in [-0.39, 0.29) is 0 Å². The lowest BCUT2D eigenvalue weighted by atomic mass is 9.89. The van der Waals surface area contributed by atoms with Crippen molar-refractivity contribution in [3.63, 3.8) is 0 Å². The average molecular weight is 301 g/mol. The number of methoxy groups -OCH3 is 1. The predicted molar refractivity (Wildman–Crippen MR) is 77.7 cm³/mol. The Morgan fingerprint density at radius 3 is 2.05 bits per heavy atom. The zero-order chi connectivity index (χ0) is 16.6. The number of amides is 1. The number of hydrogen-bond donors (Lipinski definition) is 0. The molecular formula is C15H27NO5. The smallest absolute Gasteiger partial charge is 0.413 e. The van der Waals surface area contributed by atoms with Crippen molar-refractivity contribution >= 4 is 12.1 Å². The molecule has 1 rings (SSSR count). The first-order valence-electron chi connectivity index (χ1n) is 7.05. The maximum atomic E-state index is 12.6. The molecule has 0 spiro atoms. The third-order valence-electron chi connectivity index (χ3n) is 3.53. The van der Waals surface area contributed by atoms with Gasteiger partial charge in [-0.2, -0.15) is 0 Å². The number of rotatable bonds is 2. The molecule has 1 atom stereocenters. The second-order valence-electron chi connectivity index (χ2n) is 7.54. The molecule has 0 aromatic heterocycles. The van der Waals surface area contributed by atoms with Gasteiger partial charge in [0.15, 0.2) is 0 Å². The Morgan fingerprint density at radius 2 is 1.71 bits per heavy atom. The molecule has 1 amide bonds. The van der Waals surface area contributed by atoms with Gasteiger partial charge in [-0.25, -0.2) is 9.59 Å². The Bertz CT molecular complexity index is 406. The quantitative estimate of drug-likeness (QED) is 0.733. The summed E-state index contributed by atoms with van der Waals surface area (Å²) in [5, 5.41) is 0. The molecule has 0 aliphatic carbocycles. The van der Waals surface area contributed by atoms with Gasteiger partial charge in [-0.1, -0.05) is 20.8 Å². The second-order valence-corrected chi connectivity index (χ2v) is 7.54.